The van der Waals surface area contributed by atoms with Gasteiger partial charge in [0.2, 0.25) is 0 Å². The zero-order valence-corrected chi connectivity index (χ0v) is 17.3. The Morgan fingerprint density at radius 1 is 0.867 bits per heavy atom. The number of rotatable bonds is 4. The lowest BCUT2D eigenvalue weighted by atomic mass is 10.1. The van der Waals surface area contributed by atoms with Gasteiger partial charge in [-0.2, -0.15) is 0 Å². The normalized spacial score (nSPS) is 15.2. The summed E-state index contributed by atoms with van der Waals surface area (Å²) in [5.41, 5.74) is 2.75. The third kappa shape index (κ3) is 3.64. The standard InChI is InChI=1S/C23H22ClN5O/c24-17-5-7-18(8-6-17)28-12-9-27(10-13-28)11-14-29-16-26-22-19-3-1-2-4-21(19)25-15-20(22)23(29)30/h1-8,15-16H,9-14H2. The molecule has 30 heavy (non-hydrogen) atoms. The number of hydrogen-bond acceptors (Lipinski definition) is 5. The molecule has 0 amide bonds. The molecule has 2 aromatic heterocycles. The summed E-state index contributed by atoms with van der Waals surface area (Å²) in [4.78, 5) is 26.7. The first-order valence-electron chi connectivity index (χ1n) is 10.1. The van der Waals surface area contributed by atoms with Crippen molar-refractivity contribution in [3.8, 4) is 0 Å². The second-order valence-electron chi connectivity index (χ2n) is 7.59. The van der Waals surface area contributed by atoms with Crippen LogP contribution in [0.25, 0.3) is 21.8 Å². The van der Waals surface area contributed by atoms with E-state index in [-0.39, 0.29) is 5.56 Å². The minimum absolute atomic E-state index is 0.0296. The van der Waals surface area contributed by atoms with E-state index in [1.807, 2.05) is 36.4 Å². The molecular formula is C23H22ClN5O. The Morgan fingerprint density at radius 2 is 1.63 bits per heavy atom. The summed E-state index contributed by atoms with van der Waals surface area (Å²) < 4.78 is 1.70. The Bertz CT molecular complexity index is 1250. The van der Waals surface area contributed by atoms with Crippen LogP contribution in [0, 0.1) is 0 Å². The van der Waals surface area contributed by atoms with E-state index < -0.39 is 0 Å². The van der Waals surface area contributed by atoms with Gasteiger partial charge in [0.25, 0.3) is 5.56 Å². The van der Waals surface area contributed by atoms with Gasteiger partial charge >= 0.3 is 0 Å². The zero-order valence-electron chi connectivity index (χ0n) is 16.5. The van der Waals surface area contributed by atoms with Crippen LogP contribution < -0.4 is 10.5 Å². The number of benzene rings is 2. The summed E-state index contributed by atoms with van der Waals surface area (Å²) in [5, 5.41) is 2.25. The van der Waals surface area contributed by atoms with E-state index in [4.69, 9.17) is 11.6 Å². The van der Waals surface area contributed by atoms with Crippen LogP contribution in [-0.4, -0.2) is 52.2 Å². The molecule has 152 valence electrons. The number of pyridine rings is 1. The molecule has 1 aliphatic heterocycles. The van der Waals surface area contributed by atoms with Crippen molar-refractivity contribution in [3.05, 3.63) is 76.4 Å². The third-order valence-corrected chi connectivity index (χ3v) is 6.04. The van der Waals surface area contributed by atoms with Crippen molar-refractivity contribution in [2.45, 2.75) is 6.54 Å². The molecule has 0 saturated carbocycles. The van der Waals surface area contributed by atoms with Crippen molar-refractivity contribution < 1.29 is 0 Å². The van der Waals surface area contributed by atoms with Crippen LogP contribution in [0.1, 0.15) is 0 Å². The molecule has 1 saturated heterocycles. The lowest BCUT2D eigenvalue weighted by Crippen LogP contribution is -2.47. The van der Waals surface area contributed by atoms with Crippen molar-refractivity contribution in [2.24, 2.45) is 0 Å². The van der Waals surface area contributed by atoms with Gasteiger partial charge in [0.1, 0.15) is 0 Å². The van der Waals surface area contributed by atoms with Crippen LogP contribution in [0.2, 0.25) is 5.02 Å². The fourth-order valence-corrected chi connectivity index (χ4v) is 4.17. The summed E-state index contributed by atoms with van der Waals surface area (Å²) in [6, 6.07) is 15.8. The summed E-state index contributed by atoms with van der Waals surface area (Å²) >= 11 is 5.99. The zero-order chi connectivity index (χ0) is 20.5. The quantitative estimate of drug-likeness (QED) is 0.474. The molecule has 4 aromatic rings. The van der Waals surface area contributed by atoms with E-state index >= 15 is 0 Å². The molecule has 3 heterocycles. The van der Waals surface area contributed by atoms with Crippen LogP contribution in [0.4, 0.5) is 5.69 Å². The van der Waals surface area contributed by atoms with Crippen molar-refractivity contribution in [1.82, 2.24) is 19.4 Å². The number of halogens is 1. The summed E-state index contributed by atoms with van der Waals surface area (Å²) in [7, 11) is 0. The van der Waals surface area contributed by atoms with Gasteiger partial charge < -0.3 is 4.90 Å². The highest BCUT2D eigenvalue weighted by Crippen LogP contribution is 2.20. The smallest absolute Gasteiger partial charge is 0.262 e. The van der Waals surface area contributed by atoms with Crippen LogP contribution in [-0.2, 0) is 6.54 Å². The van der Waals surface area contributed by atoms with E-state index in [1.165, 1.54) is 5.69 Å². The van der Waals surface area contributed by atoms with Gasteiger partial charge in [0.05, 0.1) is 22.7 Å². The van der Waals surface area contributed by atoms with Gasteiger partial charge in [-0.15, -0.1) is 0 Å². The lowest BCUT2D eigenvalue weighted by molar-refractivity contribution is 0.247. The minimum Gasteiger partial charge on any atom is -0.369 e. The van der Waals surface area contributed by atoms with Crippen LogP contribution in [0.3, 0.4) is 0 Å². The maximum atomic E-state index is 13.0. The van der Waals surface area contributed by atoms with E-state index in [9.17, 15) is 4.79 Å². The second-order valence-corrected chi connectivity index (χ2v) is 8.02. The highest BCUT2D eigenvalue weighted by Gasteiger charge is 2.17. The molecule has 2 aromatic carbocycles. The van der Waals surface area contributed by atoms with E-state index in [1.54, 1.807) is 17.1 Å². The fraction of sp³-hybridized carbons (Fsp3) is 0.261. The average molecular weight is 420 g/mol. The topological polar surface area (TPSA) is 54.3 Å². The highest BCUT2D eigenvalue weighted by atomic mass is 35.5. The van der Waals surface area contributed by atoms with Gasteiger partial charge in [-0.3, -0.25) is 19.2 Å². The summed E-state index contributed by atoms with van der Waals surface area (Å²) in [6.45, 7) is 5.29. The second kappa shape index (κ2) is 8.05. The van der Waals surface area contributed by atoms with Crippen molar-refractivity contribution in [1.29, 1.82) is 0 Å². The predicted molar refractivity (Wildman–Crippen MR) is 121 cm³/mol. The summed E-state index contributed by atoms with van der Waals surface area (Å²) in [6.07, 6.45) is 3.31. The first-order chi connectivity index (χ1) is 14.7. The van der Waals surface area contributed by atoms with E-state index in [0.717, 1.165) is 54.2 Å². The molecule has 6 nitrogen and oxygen atoms in total. The molecule has 7 heteroatoms. The first kappa shape index (κ1) is 19.0. The molecule has 0 aliphatic carbocycles. The highest BCUT2D eigenvalue weighted by molar-refractivity contribution is 6.30. The van der Waals surface area contributed by atoms with E-state index in [0.29, 0.717) is 11.9 Å². The van der Waals surface area contributed by atoms with Gasteiger partial charge in [-0.25, -0.2) is 4.98 Å². The molecule has 0 bridgehead atoms. The molecular weight excluding hydrogens is 398 g/mol. The molecule has 0 N–H and O–H groups in total. The Kier molecular flexibility index (Phi) is 5.11. The Morgan fingerprint density at radius 3 is 2.43 bits per heavy atom. The predicted octanol–water partition coefficient (Wildman–Crippen LogP) is 3.42. The monoisotopic (exact) mass is 419 g/mol. The Hall–Kier alpha value is -2.96. The van der Waals surface area contributed by atoms with Gasteiger partial charge in [-0.1, -0.05) is 29.8 Å². The number of anilines is 1. The van der Waals surface area contributed by atoms with Crippen LogP contribution in [0.15, 0.2) is 65.8 Å². The van der Waals surface area contributed by atoms with Gasteiger partial charge in [0.15, 0.2) is 0 Å². The SMILES string of the molecule is O=c1c2cnc3ccccc3c2ncn1CCN1CCN(c2ccc(Cl)cc2)CC1. The number of hydrogen-bond donors (Lipinski definition) is 0. The molecule has 0 spiro atoms. The third-order valence-electron chi connectivity index (χ3n) is 5.79. The Balaban J connectivity index is 1.27. The molecule has 1 aliphatic rings. The fourth-order valence-electron chi connectivity index (χ4n) is 4.05. The number of nitrogens with zero attached hydrogens (tertiary/aromatic N) is 5. The van der Waals surface area contributed by atoms with Crippen LogP contribution in [0.5, 0.6) is 0 Å². The van der Waals surface area contributed by atoms with Crippen LogP contribution >= 0.6 is 11.6 Å². The van der Waals surface area contributed by atoms with Gasteiger partial charge in [0, 0.05) is 61.6 Å². The minimum atomic E-state index is -0.0296. The molecule has 5 rings (SSSR count). The van der Waals surface area contributed by atoms with Crippen molar-refractivity contribution >= 4 is 39.1 Å². The molecule has 0 unspecified atom stereocenters. The number of piperazine rings is 1. The number of fused-ring (bicyclic) bond motifs is 3. The largest absolute Gasteiger partial charge is 0.369 e. The molecule has 1 fully saturated rings. The van der Waals surface area contributed by atoms with Gasteiger partial charge in [-0.05, 0) is 30.3 Å². The molecule has 0 radical (unpaired) electrons. The molecule has 0 atom stereocenters. The van der Waals surface area contributed by atoms with Crippen molar-refractivity contribution in [2.75, 3.05) is 37.6 Å². The maximum absolute atomic E-state index is 13.0. The summed E-state index contributed by atoms with van der Waals surface area (Å²) in [5.74, 6) is 0. The first-order valence-corrected chi connectivity index (χ1v) is 10.5. The number of aromatic nitrogens is 3. The Labute approximate surface area is 179 Å². The van der Waals surface area contributed by atoms with Crippen molar-refractivity contribution in [3.63, 3.8) is 0 Å². The maximum Gasteiger partial charge on any atom is 0.262 e. The van der Waals surface area contributed by atoms with E-state index in [2.05, 4.69) is 31.9 Å². The lowest BCUT2D eigenvalue weighted by Gasteiger charge is -2.36. The average Bonchev–Trinajstić information content (AvgIpc) is 2.79. The number of para-hydroxylation sites is 1.